The van der Waals surface area contributed by atoms with Crippen molar-refractivity contribution in [2.75, 3.05) is 17.2 Å². The van der Waals surface area contributed by atoms with Crippen molar-refractivity contribution in [1.29, 1.82) is 0 Å². The van der Waals surface area contributed by atoms with Crippen LogP contribution >= 0.6 is 0 Å². The summed E-state index contributed by atoms with van der Waals surface area (Å²) in [5.74, 6) is 0. The van der Waals surface area contributed by atoms with Crippen LogP contribution < -0.4 is 17.2 Å². The molecule has 0 bridgehead atoms. The van der Waals surface area contributed by atoms with Crippen LogP contribution in [0.3, 0.4) is 0 Å². The van der Waals surface area contributed by atoms with E-state index in [1.807, 2.05) is 43.3 Å². The summed E-state index contributed by atoms with van der Waals surface area (Å²) in [5, 5.41) is 0. The van der Waals surface area contributed by atoms with Gasteiger partial charge in [0.25, 0.3) is 0 Å². The molecule has 0 aromatic heterocycles. The predicted molar refractivity (Wildman–Crippen MR) is 73.7 cm³/mol. The predicted octanol–water partition coefficient (Wildman–Crippen LogP) is 2.33. The highest BCUT2D eigenvalue weighted by Crippen LogP contribution is 2.25. The molecule has 17 heavy (non-hydrogen) atoms. The minimum Gasteiger partial charge on any atom is -0.399 e. The molecule has 2 aromatic carbocycles. The normalized spacial score (nSPS) is 10.4. The molecule has 88 valence electrons. The van der Waals surface area contributed by atoms with Gasteiger partial charge >= 0.3 is 0 Å². The van der Waals surface area contributed by atoms with Crippen molar-refractivity contribution in [1.82, 2.24) is 0 Å². The van der Waals surface area contributed by atoms with Gasteiger partial charge < -0.3 is 17.2 Å². The summed E-state index contributed by atoms with van der Waals surface area (Å²) in [7, 11) is 0. The van der Waals surface area contributed by atoms with Crippen LogP contribution in [0.4, 0.5) is 17.1 Å². The second-order valence-electron chi connectivity index (χ2n) is 4.27. The molecule has 6 N–H and O–H groups in total. The van der Waals surface area contributed by atoms with Crippen molar-refractivity contribution in [3.8, 4) is 0 Å². The van der Waals surface area contributed by atoms with Gasteiger partial charge in [-0.05, 0) is 54.3 Å². The average molecular weight is 227 g/mol. The molecule has 0 unspecified atom stereocenters. The lowest BCUT2D eigenvalue weighted by Gasteiger charge is -2.12. The topological polar surface area (TPSA) is 78.1 Å². The van der Waals surface area contributed by atoms with Gasteiger partial charge in [-0.15, -0.1) is 0 Å². The molecule has 0 saturated heterocycles. The maximum Gasteiger partial charge on any atom is 0.0354 e. The maximum atomic E-state index is 5.99. The molecular formula is C14H17N3. The van der Waals surface area contributed by atoms with Gasteiger partial charge in [0.05, 0.1) is 0 Å². The summed E-state index contributed by atoms with van der Waals surface area (Å²) in [4.78, 5) is 0. The third-order valence-electron chi connectivity index (χ3n) is 3.01. The Kier molecular flexibility index (Phi) is 2.91. The highest BCUT2D eigenvalue weighted by Gasteiger charge is 2.07. The number of hydrogen-bond acceptors (Lipinski definition) is 3. The molecule has 3 heteroatoms. The van der Waals surface area contributed by atoms with E-state index in [4.69, 9.17) is 17.2 Å². The van der Waals surface area contributed by atoms with Gasteiger partial charge in [0.15, 0.2) is 0 Å². The quantitative estimate of drug-likeness (QED) is 0.689. The van der Waals surface area contributed by atoms with Crippen LogP contribution in [-0.4, -0.2) is 0 Å². The minimum atomic E-state index is 0.758. The first-order chi connectivity index (χ1) is 8.08. The molecule has 0 spiro atoms. The van der Waals surface area contributed by atoms with Crippen molar-refractivity contribution < 1.29 is 0 Å². The van der Waals surface area contributed by atoms with Gasteiger partial charge in [-0.2, -0.15) is 0 Å². The molecule has 2 rings (SSSR count). The highest BCUT2D eigenvalue weighted by molar-refractivity contribution is 5.62. The lowest BCUT2D eigenvalue weighted by Crippen LogP contribution is -2.02. The van der Waals surface area contributed by atoms with Gasteiger partial charge in [-0.1, -0.05) is 12.1 Å². The van der Waals surface area contributed by atoms with Crippen LogP contribution in [-0.2, 0) is 6.42 Å². The highest BCUT2D eigenvalue weighted by atomic mass is 14.6. The lowest BCUT2D eigenvalue weighted by atomic mass is 9.97. The number of nitrogen functional groups attached to an aromatic ring is 3. The molecular weight excluding hydrogens is 210 g/mol. The molecule has 0 aliphatic rings. The van der Waals surface area contributed by atoms with Crippen LogP contribution in [0.25, 0.3) is 0 Å². The molecule has 2 aromatic rings. The number of nitrogens with two attached hydrogens (primary N) is 3. The zero-order valence-electron chi connectivity index (χ0n) is 9.90. The Hall–Kier alpha value is -2.16. The van der Waals surface area contributed by atoms with Gasteiger partial charge in [-0.25, -0.2) is 0 Å². The second kappa shape index (κ2) is 4.37. The van der Waals surface area contributed by atoms with Crippen molar-refractivity contribution in [3.05, 3.63) is 53.1 Å². The molecule has 0 radical (unpaired) electrons. The lowest BCUT2D eigenvalue weighted by molar-refractivity contribution is 1.16. The summed E-state index contributed by atoms with van der Waals surface area (Å²) in [6.45, 7) is 1.99. The molecule has 0 fully saturated rings. The minimum absolute atomic E-state index is 0.758. The number of benzene rings is 2. The molecule has 3 nitrogen and oxygen atoms in total. The smallest absolute Gasteiger partial charge is 0.0354 e. The molecule has 0 heterocycles. The zero-order chi connectivity index (χ0) is 12.4. The Labute approximate surface area is 101 Å². The van der Waals surface area contributed by atoms with E-state index in [9.17, 15) is 0 Å². The van der Waals surface area contributed by atoms with Crippen LogP contribution in [0, 0.1) is 6.92 Å². The van der Waals surface area contributed by atoms with E-state index < -0.39 is 0 Å². The number of hydrogen-bond donors (Lipinski definition) is 3. The van der Waals surface area contributed by atoms with E-state index in [2.05, 4.69) is 0 Å². The van der Waals surface area contributed by atoms with Crippen molar-refractivity contribution in [2.24, 2.45) is 0 Å². The monoisotopic (exact) mass is 227 g/mol. The van der Waals surface area contributed by atoms with E-state index in [1.54, 1.807) is 0 Å². The van der Waals surface area contributed by atoms with Crippen LogP contribution in [0.15, 0.2) is 36.4 Å². The van der Waals surface area contributed by atoms with Crippen LogP contribution in [0.2, 0.25) is 0 Å². The third kappa shape index (κ3) is 2.33. The van der Waals surface area contributed by atoms with E-state index in [1.165, 1.54) is 0 Å². The van der Waals surface area contributed by atoms with E-state index in [0.717, 1.165) is 40.2 Å². The summed E-state index contributed by atoms with van der Waals surface area (Å²) in [5.41, 5.74) is 23.2. The summed E-state index contributed by atoms with van der Waals surface area (Å²) < 4.78 is 0. The number of rotatable bonds is 2. The summed E-state index contributed by atoms with van der Waals surface area (Å²) >= 11 is 0. The zero-order valence-corrected chi connectivity index (χ0v) is 9.90. The largest absolute Gasteiger partial charge is 0.399 e. The molecule has 0 aliphatic carbocycles. The first-order valence-corrected chi connectivity index (χ1v) is 5.56. The standard InChI is InChI=1S/C14H17N3/c1-9-12(14(17)6-5-13(9)16)8-10-3-2-4-11(15)7-10/h2-7H,8,15-17H2,1H3. The van der Waals surface area contributed by atoms with Crippen molar-refractivity contribution >= 4 is 17.1 Å². The fraction of sp³-hybridized carbons (Fsp3) is 0.143. The Morgan fingerprint density at radius 3 is 2.35 bits per heavy atom. The Bertz CT molecular complexity index is 547. The molecule has 0 saturated carbocycles. The molecule has 0 aliphatic heterocycles. The maximum absolute atomic E-state index is 5.99. The molecule has 0 atom stereocenters. The fourth-order valence-electron chi connectivity index (χ4n) is 1.94. The first-order valence-electron chi connectivity index (χ1n) is 5.56. The Balaban J connectivity index is 2.39. The SMILES string of the molecule is Cc1c(N)ccc(N)c1Cc1cccc(N)c1. The Morgan fingerprint density at radius 1 is 0.941 bits per heavy atom. The van der Waals surface area contributed by atoms with Gasteiger partial charge in [0.2, 0.25) is 0 Å². The van der Waals surface area contributed by atoms with E-state index >= 15 is 0 Å². The summed E-state index contributed by atoms with van der Waals surface area (Å²) in [6, 6.07) is 11.5. The second-order valence-corrected chi connectivity index (χ2v) is 4.27. The van der Waals surface area contributed by atoms with Gasteiger partial charge in [0.1, 0.15) is 0 Å². The molecule has 0 amide bonds. The third-order valence-corrected chi connectivity index (χ3v) is 3.01. The van der Waals surface area contributed by atoms with Crippen molar-refractivity contribution in [2.45, 2.75) is 13.3 Å². The van der Waals surface area contributed by atoms with Crippen molar-refractivity contribution in [3.63, 3.8) is 0 Å². The van der Waals surface area contributed by atoms with E-state index in [0.29, 0.717) is 0 Å². The number of anilines is 3. The first kappa shape index (κ1) is 11.3. The average Bonchev–Trinajstić information content (AvgIpc) is 2.30. The fourth-order valence-corrected chi connectivity index (χ4v) is 1.94. The Morgan fingerprint density at radius 2 is 1.65 bits per heavy atom. The van der Waals surface area contributed by atoms with Crippen LogP contribution in [0.1, 0.15) is 16.7 Å². The van der Waals surface area contributed by atoms with E-state index in [-0.39, 0.29) is 0 Å². The van der Waals surface area contributed by atoms with Crippen LogP contribution in [0.5, 0.6) is 0 Å². The van der Waals surface area contributed by atoms with Gasteiger partial charge in [0, 0.05) is 17.1 Å². The summed E-state index contributed by atoms with van der Waals surface area (Å²) in [6.07, 6.45) is 0.758. The van der Waals surface area contributed by atoms with Gasteiger partial charge in [-0.3, -0.25) is 0 Å².